The second-order valence-electron chi connectivity index (χ2n) is 5.70. The van der Waals surface area contributed by atoms with Crippen molar-refractivity contribution in [2.45, 2.75) is 24.7 Å². The van der Waals surface area contributed by atoms with Gasteiger partial charge in [-0.2, -0.15) is 26.3 Å². The highest BCUT2D eigenvalue weighted by Crippen LogP contribution is 2.44. The molecule has 2 atom stereocenters. The van der Waals surface area contributed by atoms with E-state index in [0.717, 1.165) is 24.3 Å². The van der Waals surface area contributed by atoms with Gasteiger partial charge in [0.2, 0.25) is 0 Å². The third-order valence-corrected chi connectivity index (χ3v) is 3.92. The number of ether oxygens (including phenoxy) is 1. The molecule has 1 aromatic heterocycles. The number of likely N-dealkylation sites (N-methyl/N-ethyl adjacent to an activating group) is 1. The maximum absolute atomic E-state index is 14.0. The summed E-state index contributed by atoms with van der Waals surface area (Å²) < 4.78 is 94.5. The van der Waals surface area contributed by atoms with Gasteiger partial charge in [-0.05, 0) is 24.3 Å². The second-order valence-corrected chi connectivity index (χ2v) is 5.70. The summed E-state index contributed by atoms with van der Waals surface area (Å²) in [6.07, 6.45) is -10.1. The lowest BCUT2D eigenvalue weighted by Gasteiger charge is -2.16. The number of nitrogens with zero attached hydrogens (tertiary/aromatic N) is 2. The van der Waals surface area contributed by atoms with Crippen LogP contribution < -0.4 is 4.90 Å². The number of epoxide rings is 1. The normalized spacial score (nSPS) is 20.2. The van der Waals surface area contributed by atoms with Gasteiger partial charge in [0, 0.05) is 18.8 Å². The van der Waals surface area contributed by atoms with Gasteiger partial charge in [0.15, 0.2) is 6.23 Å². The standard InChI is InChI=1S/C16H11F7N2O/c1-25(12-5-3-9(7-24-12)16(21,22)23)14-13(26-14)10-4-2-8(6-11(10)17)15(18,19)20/h2-7,13-14H,1H3. The quantitative estimate of drug-likeness (QED) is 0.566. The molecule has 1 aliphatic rings. The molecule has 0 spiro atoms. The zero-order valence-electron chi connectivity index (χ0n) is 13.1. The molecule has 1 aliphatic heterocycles. The first-order chi connectivity index (χ1) is 12.0. The summed E-state index contributed by atoms with van der Waals surface area (Å²) in [6.45, 7) is 0. The Kier molecular flexibility index (Phi) is 4.33. The van der Waals surface area contributed by atoms with E-state index in [1.807, 2.05) is 0 Å². The molecule has 0 N–H and O–H groups in total. The summed E-state index contributed by atoms with van der Waals surface area (Å²) in [5, 5.41) is 0. The SMILES string of the molecule is CN(c1ccc(C(F)(F)F)cn1)C1OC1c1ccc(C(F)(F)F)cc1F. The van der Waals surface area contributed by atoms with E-state index in [0.29, 0.717) is 12.3 Å². The van der Waals surface area contributed by atoms with Crippen LogP contribution in [-0.2, 0) is 17.1 Å². The van der Waals surface area contributed by atoms with Crippen LogP contribution in [0.25, 0.3) is 0 Å². The first-order valence-electron chi connectivity index (χ1n) is 7.26. The van der Waals surface area contributed by atoms with Crippen molar-refractivity contribution < 1.29 is 35.5 Å². The number of aromatic nitrogens is 1. The first-order valence-corrected chi connectivity index (χ1v) is 7.26. The molecule has 1 fully saturated rings. The summed E-state index contributed by atoms with van der Waals surface area (Å²) in [7, 11) is 1.47. The Morgan fingerprint density at radius 3 is 2.08 bits per heavy atom. The predicted molar refractivity (Wildman–Crippen MR) is 76.7 cm³/mol. The molecule has 1 saturated heterocycles. The minimum absolute atomic E-state index is 0.0678. The summed E-state index contributed by atoms with van der Waals surface area (Å²) in [5.41, 5.74) is -2.10. The molecule has 0 radical (unpaired) electrons. The number of hydrogen-bond donors (Lipinski definition) is 0. The molecule has 2 aromatic rings. The fourth-order valence-electron chi connectivity index (χ4n) is 2.45. The molecule has 3 nitrogen and oxygen atoms in total. The lowest BCUT2D eigenvalue weighted by molar-refractivity contribution is -0.138. The minimum atomic E-state index is -4.66. The predicted octanol–water partition coefficient (Wildman–Crippen LogP) is 4.79. The Morgan fingerprint density at radius 2 is 1.58 bits per heavy atom. The van der Waals surface area contributed by atoms with Gasteiger partial charge in [-0.3, -0.25) is 0 Å². The van der Waals surface area contributed by atoms with Gasteiger partial charge in [-0.15, -0.1) is 0 Å². The molecular weight excluding hydrogens is 369 g/mol. The number of hydrogen-bond acceptors (Lipinski definition) is 3. The van der Waals surface area contributed by atoms with E-state index in [2.05, 4.69) is 4.98 Å². The van der Waals surface area contributed by atoms with Crippen molar-refractivity contribution in [2.75, 3.05) is 11.9 Å². The highest BCUT2D eigenvalue weighted by Gasteiger charge is 2.46. The summed E-state index contributed by atoms with van der Waals surface area (Å²) in [5.74, 6) is -0.918. The number of alkyl halides is 6. The monoisotopic (exact) mass is 380 g/mol. The molecule has 3 rings (SSSR count). The maximum Gasteiger partial charge on any atom is 0.417 e. The van der Waals surface area contributed by atoms with E-state index in [9.17, 15) is 30.7 Å². The molecule has 2 heterocycles. The van der Waals surface area contributed by atoms with E-state index in [-0.39, 0.29) is 11.4 Å². The van der Waals surface area contributed by atoms with Crippen LogP contribution in [0.1, 0.15) is 22.8 Å². The number of halogens is 7. The van der Waals surface area contributed by atoms with Gasteiger partial charge in [0.25, 0.3) is 0 Å². The van der Waals surface area contributed by atoms with Crippen molar-refractivity contribution >= 4 is 5.82 Å². The molecule has 26 heavy (non-hydrogen) atoms. The van der Waals surface area contributed by atoms with Crippen molar-refractivity contribution in [3.63, 3.8) is 0 Å². The fourth-order valence-corrected chi connectivity index (χ4v) is 2.45. The minimum Gasteiger partial charge on any atom is -0.342 e. The molecule has 0 aliphatic carbocycles. The van der Waals surface area contributed by atoms with Crippen LogP contribution in [0.3, 0.4) is 0 Å². The average Bonchev–Trinajstić information content (AvgIpc) is 3.33. The van der Waals surface area contributed by atoms with E-state index < -0.39 is 41.6 Å². The second kappa shape index (κ2) is 6.11. The van der Waals surface area contributed by atoms with E-state index in [4.69, 9.17) is 4.74 Å². The first kappa shape index (κ1) is 18.4. The molecule has 140 valence electrons. The van der Waals surface area contributed by atoms with E-state index in [1.165, 1.54) is 11.9 Å². The summed E-state index contributed by atoms with van der Waals surface area (Å²) in [6, 6.07) is 4.08. The number of pyridine rings is 1. The molecule has 0 bridgehead atoms. The van der Waals surface area contributed by atoms with Crippen LogP contribution in [-0.4, -0.2) is 18.3 Å². The molecule has 10 heteroatoms. The van der Waals surface area contributed by atoms with Crippen molar-refractivity contribution in [1.82, 2.24) is 4.98 Å². The Labute approximate surface area is 143 Å². The molecule has 2 unspecified atom stereocenters. The van der Waals surface area contributed by atoms with Crippen LogP contribution in [0, 0.1) is 5.82 Å². The Balaban J connectivity index is 1.74. The number of rotatable bonds is 3. The van der Waals surface area contributed by atoms with Gasteiger partial charge in [-0.25, -0.2) is 9.37 Å². The number of anilines is 1. The fraction of sp³-hybridized carbons (Fsp3) is 0.312. The van der Waals surface area contributed by atoms with Gasteiger partial charge in [0.05, 0.1) is 11.1 Å². The Hall–Kier alpha value is -2.36. The average molecular weight is 380 g/mol. The van der Waals surface area contributed by atoms with E-state index >= 15 is 0 Å². The lowest BCUT2D eigenvalue weighted by atomic mass is 10.1. The number of benzene rings is 1. The zero-order chi connectivity index (χ0) is 19.3. The molecule has 0 saturated carbocycles. The third kappa shape index (κ3) is 3.59. The Morgan fingerprint density at radius 1 is 0.962 bits per heavy atom. The van der Waals surface area contributed by atoms with Gasteiger partial charge >= 0.3 is 12.4 Å². The Bertz CT molecular complexity index is 802. The smallest absolute Gasteiger partial charge is 0.342 e. The van der Waals surface area contributed by atoms with Gasteiger partial charge in [-0.1, -0.05) is 6.07 Å². The van der Waals surface area contributed by atoms with Crippen molar-refractivity contribution in [3.8, 4) is 0 Å². The molecule has 1 aromatic carbocycles. The summed E-state index contributed by atoms with van der Waals surface area (Å²) >= 11 is 0. The zero-order valence-corrected chi connectivity index (χ0v) is 13.1. The molecular formula is C16H11F7N2O. The topological polar surface area (TPSA) is 28.7 Å². The van der Waals surface area contributed by atoms with Gasteiger partial charge < -0.3 is 9.64 Å². The highest BCUT2D eigenvalue weighted by atomic mass is 19.4. The third-order valence-electron chi connectivity index (χ3n) is 3.92. The van der Waals surface area contributed by atoms with Crippen LogP contribution in [0.15, 0.2) is 36.5 Å². The van der Waals surface area contributed by atoms with Crippen molar-refractivity contribution in [1.29, 1.82) is 0 Å². The van der Waals surface area contributed by atoms with Crippen molar-refractivity contribution in [3.05, 3.63) is 59.0 Å². The largest absolute Gasteiger partial charge is 0.417 e. The van der Waals surface area contributed by atoms with Gasteiger partial charge in [0.1, 0.15) is 17.7 Å². The van der Waals surface area contributed by atoms with Crippen LogP contribution in [0.4, 0.5) is 36.6 Å². The molecule has 0 amide bonds. The van der Waals surface area contributed by atoms with E-state index in [1.54, 1.807) is 0 Å². The van der Waals surface area contributed by atoms with Crippen LogP contribution >= 0.6 is 0 Å². The summed E-state index contributed by atoms with van der Waals surface area (Å²) in [4.78, 5) is 5.06. The maximum atomic E-state index is 14.0. The van der Waals surface area contributed by atoms with Crippen molar-refractivity contribution in [2.24, 2.45) is 0 Å². The van der Waals surface area contributed by atoms with Crippen LogP contribution in [0.2, 0.25) is 0 Å². The lowest BCUT2D eigenvalue weighted by Crippen LogP contribution is -2.23. The highest BCUT2D eigenvalue weighted by molar-refractivity contribution is 5.43. The van der Waals surface area contributed by atoms with Crippen LogP contribution in [0.5, 0.6) is 0 Å².